The normalized spacial score (nSPS) is 27.9. The van der Waals surface area contributed by atoms with Crippen LogP contribution in [0.25, 0.3) is 10.1 Å². The maximum atomic E-state index is 2.68. The maximum absolute atomic E-state index is 2.68. The van der Waals surface area contributed by atoms with Crippen LogP contribution in [0.3, 0.4) is 0 Å². The van der Waals surface area contributed by atoms with Gasteiger partial charge in [0.2, 0.25) is 0 Å². The highest BCUT2D eigenvalue weighted by Crippen LogP contribution is 2.31. The average molecular weight is 272 g/mol. The molecule has 2 fully saturated rings. The van der Waals surface area contributed by atoms with Gasteiger partial charge in [-0.05, 0) is 61.3 Å². The van der Waals surface area contributed by atoms with E-state index in [-0.39, 0.29) is 0 Å². The van der Waals surface area contributed by atoms with Crippen molar-refractivity contribution in [2.75, 3.05) is 24.5 Å². The lowest BCUT2D eigenvalue weighted by molar-refractivity contribution is 0.203. The molecular formula is C16H20N2S. The zero-order valence-corrected chi connectivity index (χ0v) is 12.2. The molecule has 3 heteroatoms. The van der Waals surface area contributed by atoms with Crippen LogP contribution in [0.4, 0.5) is 5.69 Å². The van der Waals surface area contributed by atoms with Crippen molar-refractivity contribution in [1.29, 1.82) is 0 Å². The van der Waals surface area contributed by atoms with Gasteiger partial charge in [0.15, 0.2) is 0 Å². The van der Waals surface area contributed by atoms with E-state index < -0.39 is 0 Å². The number of piperazine rings is 1. The van der Waals surface area contributed by atoms with E-state index in [9.17, 15) is 0 Å². The number of hydrogen-bond acceptors (Lipinski definition) is 3. The highest BCUT2D eigenvalue weighted by atomic mass is 32.1. The number of thiophene rings is 1. The van der Waals surface area contributed by atoms with Crippen molar-refractivity contribution in [3.63, 3.8) is 0 Å². The molecule has 0 saturated carbocycles. The van der Waals surface area contributed by atoms with Gasteiger partial charge in [-0.2, -0.15) is 0 Å². The summed E-state index contributed by atoms with van der Waals surface area (Å²) in [7, 11) is 0. The van der Waals surface area contributed by atoms with Crippen molar-refractivity contribution >= 4 is 27.1 Å². The molecule has 0 bridgehead atoms. The van der Waals surface area contributed by atoms with Crippen molar-refractivity contribution < 1.29 is 0 Å². The van der Waals surface area contributed by atoms with Crippen molar-refractivity contribution in [3.8, 4) is 0 Å². The fourth-order valence-corrected chi connectivity index (χ4v) is 4.45. The van der Waals surface area contributed by atoms with Gasteiger partial charge in [-0.3, -0.25) is 4.90 Å². The number of fused-ring (bicyclic) bond motifs is 2. The highest BCUT2D eigenvalue weighted by molar-refractivity contribution is 7.17. The van der Waals surface area contributed by atoms with Crippen LogP contribution in [0, 0.1) is 0 Å². The van der Waals surface area contributed by atoms with Crippen molar-refractivity contribution in [2.24, 2.45) is 0 Å². The van der Waals surface area contributed by atoms with Gasteiger partial charge in [-0.25, -0.2) is 0 Å². The predicted molar refractivity (Wildman–Crippen MR) is 83.2 cm³/mol. The molecule has 0 aliphatic carbocycles. The molecule has 2 saturated heterocycles. The first-order valence-electron chi connectivity index (χ1n) is 7.29. The van der Waals surface area contributed by atoms with Gasteiger partial charge in [0.25, 0.3) is 0 Å². The SMILES string of the molecule is CC1CN2CCCC2CN1c1ccc2sccc2c1. The summed E-state index contributed by atoms with van der Waals surface area (Å²) in [5.41, 5.74) is 1.41. The van der Waals surface area contributed by atoms with Crippen LogP contribution in [0.1, 0.15) is 19.8 Å². The number of anilines is 1. The van der Waals surface area contributed by atoms with Crippen LogP contribution in [-0.2, 0) is 0 Å². The fraction of sp³-hybridized carbons (Fsp3) is 0.500. The Hall–Kier alpha value is -1.06. The third kappa shape index (κ3) is 1.96. The maximum Gasteiger partial charge on any atom is 0.0389 e. The van der Waals surface area contributed by atoms with Crippen molar-refractivity contribution in [2.45, 2.75) is 31.8 Å². The van der Waals surface area contributed by atoms with Crippen LogP contribution < -0.4 is 4.90 Å². The van der Waals surface area contributed by atoms with Crippen LogP contribution in [0.2, 0.25) is 0 Å². The Bertz CT molecular complexity index is 591. The average Bonchev–Trinajstić information content (AvgIpc) is 3.04. The highest BCUT2D eigenvalue weighted by Gasteiger charge is 2.34. The van der Waals surface area contributed by atoms with E-state index in [1.165, 1.54) is 48.2 Å². The van der Waals surface area contributed by atoms with Crippen molar-refractivity contribution in [3.05, 3.63) is 29.6 Å². The second kappa shape index (κ2) is 4.50. The molecule has 3 heterocycles. The van der Waals surface area contributed by atoms with Gasteiger partial charge in [-0.15, -0.1) is 11.3 Å². The van der Waals surface area contributed by atoms with Gasteiger partial charge in [0.05, 0.1) is 0 Å². The van der Waals surface area contributed by atoms with Gasteiger partial charge in [-0.1, -0.05) is 0 Å². The third-order valence-corrected chi connectivity index (χ3v) is 5.60. The molecule has 1 aromatic heterocycles. The van der Waals surface area contributed by atoms with Gasteiger partial charge in [0.1, 0.15) is 0 Å². The number of hydrogen-bond donors (Lipinski definition) is 0. The summed E-state index contributed by atoms with van der Waals surface area (Å²) in [6, 6.07) is 10.6. The van der Waals surface area contributed by atoms with E-state index in [0.29, 0.717) is 6.04 Å². The molecule has 0 amide bonds. The van der Waals surface area contributed by atoms with E-state index in [4.69, 9.17) is 0 Å². The Labute approximate surface area is 118 Å². The number of nitrogens with zero attached hydrogens (tertiary/aromatic N) is 2. The summed E-state index contributed by atoms with van der Waals surface area (Å²) in [5.74, 6) is 0. The molecule has 0 spiro atoms. The lowest BCUT2D eigenvalue weighted by atomic mass is 10.1. The van der Waals surface area contributed by atoms with Crippen molar-refractivity contribution in [1.82, 2.24) is 4.90 Å². The zero-order valence-electron chi connectivity index (χ0n) is 11.4. The number of benzene rings is 1. The van der Waals surface area contributed by atoms with Crippen LogP contribution in [0.15, 0.2) is 29.6 Å². The topological polar surface area (TPSA) is 6.48 Å². The lowest BCUT2D eigenvalue weighted by Crippen LogP contribution is -2.55. The minimum Gasteiger partial charge on any atom is -0.366 e. The lowest BCUT2D eigenvalue weighted by Gasteiger charge is -2.43. The van der Waals surface area contributed by atoms with E-state index in [0.717, 1.165) is 6.04 Å². The summed E-state index contributed by atoms with van der Waals surface area (Å²) in [6.45, 7) is 6.11. The van der Waals surface area contributed by atoms with E-state index >= 15 is 0 Å². The molecule has 2 unspecified atom stereocenters. The van der Waals surface area contributed by atoms with E-state index in [1.807, 2.05) is 11.3 Å². The number of rotatable bonds is 1. The molecular weight excluding hydrogens is 252 g/mol. The standard InChI is InChI=1S/C16H20N2S/c1-12-10-17-7-2-3-15(17)11-18(12)14-4-5-16-13(9-14)6-8-19-16/h4-6,8-9,12,15H,2-3,7,10-11H2,1H3. The first-order chi connectivity index (χ1) is 9.31. The largest absolute Gasteiger partial charge is 0.366 e. The van der Waals surface area contributed by atoms with Gasteiger partial charge >= 0.3 is 0 Å². The molecule has 2 aromatic rings. The Morgan fingerprint density at radius 1 is 1.21 bits per heavy atom. The van der Waals surface area contributed by atoms with Crippen LogP contribution >= 0.6 is 11.3 Å². The second-order valence-electron chi connectivity index (χ2n) is 5.94. The molecule has 2 aliphatic heterocycles. The molecule has 100 valence electrons. The first-order valence-corrected chi connectivity index (χ1v) is 8.17. The first kappa shape index (κ1) is 11.7. The second-order valence-corrected chi connectivity index (χ2v) is 6.88. The molecule has 2 nitrogen and oxygen atoms in total. The predicted octanol–water partition coefficient (Wildman–Crippen LogP) is 3.57. The Balaban J connectivity index is 1.66. The molecule has 1 aromatic carbocycles. The smallest absolute Gasteiger partial charge is 0.0389 e. The molecule has 2 aliphatic rings. The van der Waals surface area contributed by atoms with E-state index in [2.05, 4.69) is 46.4 Å². The minimum atomic E-state index is 0.630. The molecule has 4 rings (SSSR count). The Morgan fingerprint density at radius 2 is 2.16 bits per heavy atom. The molecule has 0 N–H and O–H groups in total. The summed E-state index contributed by atoms with van der Waals surface area (Å²) in [5, 5.41) is 3.58. The summed E-state index contributed by atoms with van der Waals surface area (Å²) < 4.78 is 1.40. The summed E-state index contributed by atoms with van der Waals surface area (Å²) in [4.78, 5) is 5.30. The summed E-state index contributed by atoms with van der Waals surface area (Å²) in [6.07, 6.45) is 2.76. The fourth-order valence-electron chi connectivity index (χ4n) is 3.68. The molecule has 0 radical (unpaired) electrons. The molecule has 2 atom stereocenters. The third-order valence-electron chi connectivity index (χ3n) is 4.70. The van der Waals surface area contributed by atoms with Crippen LogP contribution in [0.5, 0.6) is 0 Å². The van der Waals surface area contributed by atoms with Gasteiger partial charge < -0.3 is 4.90 Å². The summed E-state index contributed by atoms with van der Waals surface area (Å²) >= 11 is 1.83. The van der Waals surface area contributed by atoms with Crippen LogP contribution in [-0.4, -0.2) is 36.6 Å². The Morgan fingerprint density at radius 3 is 3.11 bits per heavy atom. The quantitative estimate of drug-likeness (QED) is 0.783. The minimum absolute atomic E-state index is 0.630. The zero-order chi connectivity index (χ0) is 12.8. The monoisotopic (exact) mass is 272 g/mol. The van der Waals surface area contributed by atoms with Gasteiger partial charge in [0, 0.05) is 35.6 Å². The molecule has 19 heavy (non-hydrogen) atoms. The Kier molecular flexibility index (Phi) is 2.78. The van der Waals surface area contributed by atoms with E-state index in [1.54, 1.807) is 0 Å².